The number of aliphatic hydroxyl groups excluding tert-OH is 1. The number of benzene rings is 2. The van der Waals surface area contributed by atoms with Gasteiger partial charge in [0.1, 0.15) is 35.9 Å². The Morgan fingerprint density at radius 2 is 1.67 bits per heavy atom. The summed E-state index contributed by atoms with van der Waals surface area (Å²) in [6.07, 6.45) is 5.02. The summed E-state index contributed by atoms with van der Waals surface area (Å²) in [4.78, 5) is 51.7. The number of carbonyl (C=O) groups excluding carboxylic acids is 3. The second kappa shape index (κ2) is 16.6. The molecule has 4 aliphatic rings. The molecule has 3 saturated heterocycles. The van der Waals surface area contributed by atoms with E-state index in [2.05, 4.69) is 41.8 Å². The van der Waals surface area contributed by atoms with Gasteiger partial charge in [0.15, 0.2) is 11.8 Å². The zero-order chi connectivity index (χ0) is 36.2. The van der Waals surface area contributed by atoms with E-state index >= 15 is 4.79 Å². The molecule has 3 aliphatic heterocycles. The van der Waals surface area contributed by atoms with Crippen LogP contribution in [-0.2, 0) is 46.4 Å². The molecule has 2 N–H and O–H groups in total. The van der Waals surface area contributed by atoms with E-state index in [1.165, 1.54) is 4.90 Å². The molecule has 3 heterocycles. The Balaban J connectivity index is 1.40. The van der Waals surface area contributed by atoms with Crippen LogP contribution in [0.5, 0.6) is 0 Å². The maximum absolute atomic E-state index is 15.4. The van der Waals surface area contributed by atoms with Crippen molar-refractivity contribution in [2.75, 3.05) is 20.2 Å². The van der Waals surface area contributed by atoms with Gasteiger partial charge in [-0.05, 0) is 52.6 Å². The van der Waals surface area contributed by atoms with Crippen LogP contribution in [0.15, 0.2) is 54.6 Å². The van der Waals surface area contributed by atoms with Gasteiger partial charge in [-0.15, -0.1) is 0 Å². The number of halogens is 1. The van der Waals surface area contributed by atoms with Crippen LogP contribution in [0.2, 0.25) is 0 Å². The Bertz CT molecular complexity index is 1520. The third-order valence-corrected chi connectivity index (χ3v) is 12.1. The van der Waals surface area contributed by atoms with Crippen molar-refractivity contribution in [2.45, 2.75) is 127 Å². The van der Waals surface area contributed by atoms with Crippen molar-refractivity contribution in [3.63, 3.8) is 0 Å². The monoisotopic (exact) mass is 817 g/mol. The molecule has 0 radical (unpaired) electrons. The number of aliphatic hydroxyl groups is 1. The van der Waals surface area contributed by atoms with E-state index in [4.69, 9.17) is 19.0 Å². The van der Waals surface area contributed by atoms with Crippen molar-refractivity contribution < 1.29 is 38.5 Å². The Morgan fingerprint density at radius 3 is 2.33 bits per heavy atom. The number of likely N-dealkylation sites (N-methyl/N-ethyl adjacent to an activating group) is 1. The first kappa shape index (κ1) is 38.1. The first-order chi connectivity index (χ1) is 24.7. The van der Waals surface area contributed by atoms with Crippen LogP contribution in [0, 0.1) is 8.99 Å². The lowest BCUT2D eigenvalue weighted by molar-refractivity contribution is -0.225. The van der Waals surface area contributed by atoms with E-state index in [0.717, 1.165) is 53.2 Å². The maximum Gasteiger partial charge on any atom is 0.327 e. The van der Waals surface area contributed by atoms with Gasteiger partial charge in [-0.3, -0.25) is 19.2 Å². The molecule has 4 fully saturated rings. The molecule has 51 heavy (non-hydrogen) atoms. The summed E-state index contributed by atoms with van der Waals surface area (Å²) in [7, 11) is 1.62. The first-order valence-corrected chi connectivity index (χ1v) is 19.7. The lowest BCUT2D eigenvalue weighted by Gasteiger charge is -2.50. The number of carbonyl (C=O) groups is 3. The molecule has 0 unspecified atom stereocenters. The average Bonchev–Trinajstić information content (AvgIpc) is 3.69. The highest BCUT2D eigenvalue weighted by molar-refractivity contribution is 14.1. The molecule has 2 bridgehead atoms. The molecule has 278 valence electrons. The summed E-state index contributed by atoms with van der Waals surface area (Å²) in [6.45, 7) is 4.40. The summed E-state index contributed by atoms with van der Waals surface area (Å²) >= 11 is 2.27. The van der Waals surface area contributed by atoms with E-state index in [1.807, 2.05) is 54.6 Å². The number of nitrogens with zero attached hydrogens (tertiary/aromatic N) is 2. The zero-order valence-electron chi connectivity index (χ0n) is 29.9. The fraction of sp³-hybridized carbons (Fsp3) is 0.615. The van der Waals surface area contributed by atoms with Crippen LogP contribution < -0.4 is 5.32 Å². The largest absolute Gasteiger partial charge is 0.458 e. The molecule has 0 spiro atoms. The van der Waals surface area contributed by atoms with E-state index in [9.17, 15) is 14.7 Å². The Morgan fingerprint density at radius 1 is 1.00 bits per heavy atom. The normalized spacial score (nSPS) is 28.2. The summed E-state index contributed by atoms with van der Waals surface area (Å²) < 4.78 is 21.1. The molecule has 2 amide bonds. The Labute approximate surface area is 314 Å². The standard InChI is InChI=1S/C39H52IN3O8/c1-4-6-13-19-38(20-14-7-5-2)49-31-30-24-39(37(47)42(3)29(35(45)41-21-22-44)23-26-15-9-8-10-16-26)33(36(46)48-30)43(51-34(39)32(31)50-38)25-27-17-11-12-18-28(27)40/h8-12,15-18,29-34,44H,4-7,13-14,19-25H2,1-3H3,(H,41,45)/t29-,30-,31+,32+,33+,34-,39+/m1/s1. The fourth-order valence-electron chi connectivity index (χ4n) is 8.48. The first-order valence-electron chi connectivity index (χ1n) is 18.6. The highest BCUT2D eigenvalue weighted by Gasteiger charge is 2.76. The number of unbranched alkanes of at least 4 members (excludes halogenated alkanes) is 4. The van der Waals surface area contributed by atoms with Crippen molar-refractivity contribution >= 4 is 40.4 Å². The molecule has 1 aliphatic carbocycles. The van der Waals surface area contributed by atoms with Crippen LogP contribution in [0.4, 0.5) is 0 Å². The molecule has 0 aromatic heterocycles. The Hall–Kier alpha value is -2.62. The molecule has 7 atom stereocenters. The van der Waals surface area contributed by atoms with Crippen LogP contribution in [0.25, 0.3) is 0 Å². The molecular weight excluding hydrogens is 765 g/mol. The van der Waals surface area contributed by atoms with Crippen molar-refractivity contribution in [1.29, 1.82) is 0 Å². The predicted octanol–water partition coefficient (Wildman–Crippen LogP) is 4.91. The van der Waals surface area contributed by atoms with Crippen molar-refractivity contribution in [2.24, 2.45) is 5.41 Å². The topological polar surface area (TPSA) is 127 Å². The maximum atomic E-state index is 15.4. The van der Waals surface area contributed by atoms with Gasteiger partial charge in [0, 0.05) is 42.8 Å². The molecule has 12 heteroatoms. The number of fused-ring (bicyclic) bond motifs is 4. The average molecular weight is 818 g/mol. The smallest absolute Gasteiger partial charge is 0.327 e. The van der Waals surface area contributed by atoms with Crippen LogP contribution in [0.3, 0.4) is 0 Å². The van der Waals surface area contributed by atoms with Crippen molar-refractivity contribution in [3.05, 3.63) is 69.3 Å². The number of hydrogen-bond donors (Lipinski definition) is 2. The number of esters is 1. The summed E-state index contributed by atoms with van der Waals surface area (Å²) in [5.41, 5.74) is 0.412. The number of nitrogens with one attached hydrogen (secondary N) is 1. The van der Waals surface area contributed by atoms with Crippen LogP contribution in [0.1, 0.15) is 82.8 Å². The molecule has 2 aromatic rings. The van der Waals surface area contributed by atoms with Gasteiger partial charge in [-0.1, -0.05) is 88.1 Å². The second-order valence-electron chi connectivity index (χ2n) is 14.4. The summed E-state index contributed by atoms with van der Waals surface area (Å²) in [5, 5.41) is 13.9. The highest BCUT2D eigenvalue weighted by Crippen LogP contribution is 2.58. The van der Waals surface area contributed by atoms with E-state index < -0.39 is 53.7 Å². The van der Waals surface area contributed by atoms with Gasteiger partial charge in [-0.25, -0.2) is 0 Å². The summed E-state index contributed by atoms with van der Waals surface area (Å²) in [6, 6.07) is 15.4. The molecule has 11 nitrogen and oxygen atoms in total. The SMILES string of the molecule is CCCCCC1(CCCCC)O[C@@H]2[C@H](O1)[C@H]1ON(Cc3ccccc3I)[C@H]3C(=O)O[C@@H]2C[C@@]13C(=O)N(C)[C@H](Cc1ccccc1)C(=O)NCCO. The molecular formula is C39H52IN3O8. The minimum Gasteiger partial charge on any atom is -0.458 e. The lowest BCUT2D eigenvalue weighted by Crippen LogP contribution is -2.70. The summed E-state index contributed by atoms with van der Waals surface area (Å²) in [5.74, 6) is -2.18. The van der Waals surface area contributed by atoms with Gasteiger partial charge >= 0.3 is 5.97 Å². The Kier molecular flexibility index (Phi) is 12.4. The van der Waals surface area contributed by atoms with Crippen molar-refractivity contribution in [1.82, 2.24) is 15.3 Å². The van der Waals surface area contributed by atoms with E-state index in [1.54, 1.807) is 12.1 Å². The fourth-order valence-corrected chi connectivity index (χ4v) is 9.04. The number of ether oxygens (including phenoxy) is 3. The van der Waals surface area contributed by atoms with Gasteiger partial charge in [0.25, 0.3) is 0 Å². The minimum atomic E-state index is -1.41. The second-order valence-corrected chi connectivity index (χ2v) is 15.6. The number of hydroxylamine groups is 2. The van der Waals surface area contributed by atoms with Crippen molar-refractivity contribution in [3.8, 4) is 0 Å². The van der Waals surface area contributed by atoms with Gasteiger partial charge in [0.05, 0.1) is 13.2 Å². The van der Waals surface area contributed by atoms with Gasteiger partial charge in [-0.2, -0.15) is 5.06 Å². The zero-order valence-corrected chi connectivity index (χ0v) is 32.1. The van der Waals surface area contributed by atoms with Gasteiger partial charge < -0.3 is 29.5 Å². The third kappa shape index (κ3) is 7.59. The number of rotatable bonds is 17. The number of amides is 2. The lowest BCUT2D eigenvalue weighted by atomic mass is 9.62. The molecule has 6 rings (SSSR count). The predicted molar refractivity (Wildman–Crippen MR) is 198 cm³/mol. The van der Waals surface area contributed by atoms with Crippen LogP contribution in [-0.4, -0.2) is 95.3 Å². The molecule has 1 saturated carbocycles. The number of hydrogen-bond acceptors (Lipinski definition) is 9. The van der Waals surface area contributed by atoms with Gasteiger partial charge in [0.2, 0.25) is 11.8 Å². The third-order valence-electron chi connectivity index (χ3n) is 11.0. The molecule has 2 aromatic carbocycles. The van der Waals surface area contributed by atoms with E-state index in [-0.39, 0.29) is 44.4 Å². The highest BCUT2D eigenvalue weighted by atomic mass is 127. The van der Waals surface area contributed by atoms with Crippen LogP contribution >= 0.6 is 22.6 Å². The minimum absolute atomic E-state index is 0.0522. The quantitative estimate of drug-likeness (QED) is 0.130. The van der Waals surface area contributed by atoms with E-state index in [0.29, 0.717) is 12.8 Å².